The highest BCUT2D eigenvalue weighted by Gasteiger charge is 2.18. The maximum Gasteiger partial charge on any atom is 0.338 e. The van der Waals surface area contributed by atoms with Crippen LogP contribution in [0.1, 0.15) is 6.42 Å². The van der Waals surface area contributed by atoms with Gasteiger partial charge in [-0.15, -0.1) is 23.2 Å². The van der Waals surface area contributed by atoms with Crippen molar-refractivity contribution in [2.75, 3.05) is 0 Å². The lowest BCUT2D eigenvalue weighted by molar-refractivity contribution is -0.142. The molecular weight excluding hydrogens is 170 g/mol. The molecule has 0 aromatic heterocycles. The van der Waals surface area contributed by atoms with Gasteiger partial charge in [-0.3, -0.25) is 0 Å². The molecule has 9 heavy (non-hydrogen) atoms. The fourth-order valence-electron chi connectivity index (χ4n) is 0.257. The molecule has 1 N–H and O–H groups in total. The number of alkyl halides is 3. The number of rotatable bonds is 3. The smallest absolute Gasteiger partial charge is 0.338 e. The standard InChI is InChI=1S/C4H5Cl2FO2/c5-3(6)1-2(7)4(8)9/h2-3H,1H2,(H,8,9). The molecule has 0 aliphatic heterocycles. The number of hydrogen-bond acceptors (Lipinski definition) is 1. The van der Waals surface area contributed by atoms with Crippen LogP contribution in [0, 0.1) is 0 Å². The third kappa shape index (κ3) is 4.48. The van der Waals surface area contributed by atoms with Crippen molar-refractivity contribution >= 4 is 29.2 Å². The molecule has 5 heteroatoms. The molecule has 0 heterocycles. The largest absolute Gasteiger partial charge is 0.479 e. The van der Waals surface area contributed by atoms with E-state index in [0.717, 1.165) is 0 Å². The first-order valence-corrected chi connectivity index (χ1v) is 3.06. The first-order valence-electron chi connectivity index (χ1n) is 2.19. The average Bonchev–Trinajstić information content (AvgIpc) is 1.63. The molecule has 0 rings (SSSR count). The molecule has 0 radical (unpaired) electrons. The molecule has 2 nitrogen and oxygen atoms in total. The zero-order valence-electron chi connectivity index (χ0n) is 4.35. The van der Waals surface area contributed by atoms with Gasteiger partial charge >= 0.3 is 5.97 Å². The maximum atomic E-state index is 12.0. The summed E-state index contributed by atoms with van der Waals surface area (Å²) in [5.74, 6) is -1.53. The number of halogens is 3. The Labute approximate surface area is 61.6 Å². The lowest BCUT2D eigenvalue weighted by Gasteiger charge is -2.00. The van der Waals surface area contributed by atoms with Crippen LogP contribution in [0.3, 0.4) is 0 Å². The fraction of sp³-hybridized carbons (Fsp3) is 0.750. The Bertz CT molecular complexity index is 107. The number of carboxylic acids is 1. The Hall–Kier alpha value is -0.0200. The van der Waals surface area contributed by atoms with Crippen molar-refractivity contribution in [3.05, 3.63) is 0 Å². The van der Waals surface area contributed by atoms with Gasteiger partial charge in [0, 0.05) is 6.42 Å². The zero-order valence-corrected chi connectivity index (χ0v) is 5.86. The second-order valence-corrected chi connectivity index (χ2v) is 2.71. The molecule has 0 fully saturated rings. The summed E-state index contributed by atoms with van der Waals surface area (Å²) in [5, 5.41) is 7.94. The second kappa shape index (κ2) is 3.90. The topological polar surface area (TPSA) is 37.3 Å². The third-order valence-corrected chi connectivity index (χ3v) is 1.01. The zero-order chi connectivity index (χ0) is 7.44. The third-order valence-electron chi connectivity index (χ3n) is 0.653. The van der Waals surface area contributed by atoms with Crippen LogP contribution in [0.5, 0.6) is 0 Å². The average molecular weight is 175 g/mol. The van der Waals surface area contributed by atoms with E-state index in [1.807, 2.05) is 0 Å². The lowest BCUT2D eigenvalue weighted by atomic mass is 10.3. The first-order chi connectivity index (χ1) is 4.04. The Kier molecular flexibility index (Phi) is 3.89. The normalized spacial score (nSPS) is 13.8. The van der Waals surface area contributed by atoms with Crippen molar-refractivity contribution in [1.29, 1.82) is 0 Å². The minimum atomic E-state index is -1.95. The van der Waals surface area contributed by atoms with Crippen LogP contribution in [-0.2, 0) is 4.79 Å². The molecule has 0 saturated heterocycles. The Morgan fingerprint density at radius 1 is 1.67 bits per heavy atom. The van der Waals surface area contributed by atoms with Crippen molar-refractivity contribution in [3.8, 4) is 0 Å². The van der Waals surface area contributed by atoms with E-state index in [2.05, 4.69) is 0 Å². The minimum absolute atomic E-state index is 0.363. The van der Waals surface area contributed by atoms with Crippen LogP contribution >= 0.6 is 23.2 Å². The highest BCUT2D eigenvalue weighted by molar-refractivity contribution is 6.44. The number of hydrogen-bond donors (Lipinski definition) is 1. The summed E-state index contributed by atoms with van der Waals surface area (Å²) >= 11 is 10.2. The number of aliphatic carboxylic acids is 1. The van der Waals surface area contributed by atoms with E-state index in [-0.39, 0.29) is 6.42 Å². The van der Waals surface area contributed by atoms with Gasteiger partial charge in [-0.2, -0.15) is 0 Å². The van der Waals surface area contributed by atoms with Gasteiger partial charge < -0.3 is 5.11 Å². The molecule has 54 valence electrons. The van der Waals surface area contributed by atoms with Crippen LogP contribution in [0.15, 0.2) is 0 Å². The van der Waals surface area contributed by atoms with Crippen molar-refractivity contribution in [2.45, 2.75) is 17.4 Å². The number of carbonyl (C=O) groups is 1. The van der Waals surface area contributed by atoms with Gasteiger partial charge in [0.1, 0.15) is 4.84 Å². The Morgan fingerprint density at radius 3 is 2.22 bits per heavy atom. The van der Waals surface area contributed by atoms with Crippen molar-refractivity contribution in [2.24, 2.45) is 0 Å². The van der Waals surface area contributed by atoms with Gasteiger partial charge in [0.25, 0.3) is 0 Å². The predicted octanol–water partition coefficient (Wildman–Crippen LogP) is 1.60. The van der Waals surface area contributed by atoms with E-state index in [1.165, 1.54) is 0 Å². The van der Waals surface area contributed by atoms with Crippen LogP contribution in [0.2, 0.25) is 0 Å². The molecule has 1 atom stereocenters. The summed E-state index contributed by atoms with van der Waals surface area (Å²) < 4.78 is 12.0. The summed E-state index contributed by atoms with van der Waals surface area (Å²) in [5.41, 5.74) is 0. The highest BCUT2D eigenvalue weighted by atomic mass is 35.5. The van der Waals surface area contributed by atoms with Gasteiger partial charge in [-0.05, 0) is 0 Å². The van der Waals surface area contributed by atoms with Crippen molar-refractivity contribution in [3.63, 3.8) is 0 Å². The lowest BCUT2D eigenvalue weighted by Crippen LogP contribution is -2.16. The molecule has 0 saturated carbocycles. The molecule has 0 spiro atoms. The molecule has 1 unspecified atom stereocenters. The van der Waals surface area contributed by atoms with E-state index >= 15 is 0 Å². The highest BCUT2D eigenvalue weighted by Crippen LogP contribution is 2.12. The second-order valence-electron chi connectivity index (χ2n) is 1.43. The molecule has 0 aromatic carbocycles. The fourth-order valence-corrected chi connectivity index (χ4v) is 0.570. The van der Waals surface area contributed by atoms with Crippen LogP contribution in [0.25, 0.3) is 0 Å². The monoisotopic (exact) mass is 174 g/mol. The summed E-state index contributed by atoms with van der Waals surface area (Å²) in [6.07, 6.45) is -2.32. The molecule has 0 aliphatic carbocycles. The Balaban J connectivity index is 3.50. The van der Waals surface area contributed by atoms with Crippen LogP contribution in [0.4, 0.5) is 4.39 Å². The molecule has 0 amide bonds. The van der Waals surface area contributed by atoms with Crippen molar-refractivity contribution < 1.29 is 14.3 Å². The van der Waals surface area contributed by atoms with Crippen molar-refractivity contribution in [1.82, 2.24) is 0 Å². The Morgan fingerprint density at radius 2 is 2.11 bits per heavy atom. The van der Waals surface area contributed by atoms with Crippen LogP contribution in [-0.4, -0.2) is 22.1 Å². The van der Waals surface area contributed by atoms with E-state index in [9.17, 15) is 9.18 Å². The summed E-state index contributed by atoms with van der Waals surface area (Å²) in [7, 11) is 0. The minimum Gasteiger partial charge on any atom is -0.479 e. The SMILES string of the molecule is O=C(O)C(F)CC(Cl)Cl. The van der Waals surface area contributed by atoms with E-state index in [0.29, 0.717) is 0 Å². The molecule has 0 aromatic rings. The van der Waals surface area contributed by atoms with Gasteiger partial charge in [-0.1, -0.05) is 0 Å². The van der Waals surface area contributed by atoms with E-state index < -0.39 is 17.0 Å². The predicted molar refractivity (Wildman–Crippen MR) is 32.6 cm³/mol. The van der Waals surface area contributed by atoms with Gasteiger partial charge in [0.05, 0.1) is 0 Å². The molecule has 0 bridgehead atoms. The first kappa shape index (κ1) is 8.98. The number of carboxylic acid groups (broad SMARTS) is 1. The molecular formula is C4H5Cl2FO2. The summed E-state index contributed by atoms with van der Waals surface area (Å²) in [4.78, 5) is 8.79. The van der Waals surface area contributed by atoms with Gasteiger partial charge in [0.2, 0.25) is 0 Å². The quantitative estimate of drug-likeness (QED) is 0.661. The van der Waals surface area contributed by atoms with Crippen LogP contribution < -0.4 is 0 Å². The van der Waals surface area contributed by atoms with Gasteiger partial charge in [0.15, 0.2) is 6.17 Å². The van der Waals surface area contributed by atoms with E-state index in [1.54, 1.807) is 0 Å². The van der Waals surface area contributed by atoms with Gasteiger partial charge in [-0.25, -0.2) is 9.18 Å². The summed E-state index contributed by atoms with van der Waals surface area (Å²) in [6, 6.07) is 0. The molecule has 0 aliphatic rings. The van der Waals surface area contributed by atoms with E-state index in [4.69, 9.17) is 28.3 Å². The summed E-state index contributed by atoms with van der Waals surface area (Å²) in [6.45, 7) is 0. The maximum absolute atomic E-state index is 12.0.